The van der Waals surface area contributed by atoms with Gasteiger partial charge in [0.1, 0.15) is 18.8 Å². The molecule has 19 heavy (non-hydrogen) atoms. The van der Waals surface area contributed by atoms with Crippen LogP contribution in [0.3, 0.4) is 0 Å². The lowest BCUT2D eigenvalue weighted by atomic mass is 10.2. The summed E-state index contributed by atoms with van der Waals surface area (Å²) in [4.78, 5) is 11.6. The predicted molar refractivity (Wildman–Crippen MR) is 69.0 cm³/mol. The molecule has 1 aromatic carbocycles. The van der Waals surface area contributed by atoms with Crippen LogP contribution in [0, 0.1) is 0 Å². The van der Waals surface area contributed by atoms with E-state index in [0.29, 0.717) is 30.4 Å². The van der Waals surface area contributed by atoms with Gasteiger partial charge in [0.05, 0.1) is 5.69 Å². The van der Waals surface area contributed by atoms with E-state index >= 15 is 0 Å². The fraction of sp³-hybridized carbons (Fsp3) is 0.462. The summed E-state index contributed by atoms with van der Waals surface area (Å²) in [5.74, 6) is 0.613. The van der Waals surface area contributed by atoms with Gasteiger partial charge >= 0.3 is 6.09 Å². The lowest BCUT2D eigenvalue weighted by molar-refractivity contribution is 0.0636. The molecule has 104 valence electrons. The molecule has 6 heteroatoms. The van der Waals surface area contributed by atoms with Crippen molar-refractivity contribution in [2.24, 2.45) is 0 Å². The maximum atomic E-state index is 11.6. The van der Waals surface area contributed by atoms with Crippen molar-refractivity contribution in [3.05, 3.63) is 12.1 Å². The van der Waals surface area contributed by atoms with E-state index < -0.39 is 11.7 Å². The van der Waals surface area contributed by atoms with Crippen molar-refractivity contribution in [3.8, 4) is 17.2 Å². The van der Waals surface area contributed by atoms with Crippen LogP contribution in [0.25, 0.3) is 0 Å². The normalized spacial score (nSPS) is 13.8. The molecule has 2 N–H and O–H groups in total. The molecule has 0 saturated carbocycles. The Morgan fingerprint density at radius 2 is 2.00 bits per heavy atom. The number of rotatable bonds is 1. The number of nitrogens with one attached hydrogen (secondary N) is 1. The van der Waals surface area contributed by atoms with E-state index in [4.69, 9.17) is 14.2 Å². The second-order valence-electron chi connectivity index (χ2n) is 5.15. The number of anilines is 1. The Morgan fingerprint density at radius 3 is 2.68 bits per heavy atom. The number of fused-ring (bicyclic) bond motifs is 1. The molecule has 0 aromatic heterocycles. The van der Waals surface area contributed by atoms with Crippen molar-refractivity contribution in [2.45, 2.75) is 26.4 Å². The Morgan fingerprint density at radius 1 is 1.32 bits per heavy atom. The van der Waals surface area contributed by atoms with Crippen LogP contribution in [0.5, 0.6) is 17.2 Å². The fourth-order valence-electron chi connectivity index (χ4n) is 1.63. The van der Waals surface area contributed by atoms with Gasteiger partial charge in [-0.2, -0.15) is 0 Å². The summed E-state index contributed by atoms with van der Waals surface area (Å²) in [7, 11) is 0. The van der Waals surface area contributed by atoms with Crippen LogP contribution < -0.4 is 14.8 Å². The van der Waals surface area contributed by atoms with Crippen LogP contribution in [0.1, 0.15) is 20.8 Å². The Balaban J connectivity index is 2.13. The van der Waals surface area contributed by atoms with E-state index in [1.807, 2.05) is 0 Å². The maximum absolute atomic E-state index is 11.6. The monoisotopic (exact) mass is 267 g/mol. The number of hydrogen-bond acceptors (Lipinski definition) is 5. The van der Waals surface area contributed by atoms with Gasteiger partial charge < -0.3 is 19.3 Å². The van der Waals surface area contributed by atoms with Gasteiger partial charge in [-0.05, 0) is 20.8 Å². The van der Waals surface area contributed by atoms with Crippen molar-refractivity contribution in [1.82, 2.24) is 0 Å². The summed E-state index contributed by atoms with van der Waals surface area (Å²) < 4.78 is 15.7. The minimum atomic E-state index is -0.594. The first-order valence-corrected chi connectivity index (χ1v) is 5.98. The average molecular weight is 267 g/mol. The minimum Gasteiger partial charge on any atom is -0.504 e. The topological polar surface area (TPSA) is 77.0 Å². The van der Waals surface area contributed by atoms with Gasteiger partial charge in [0.25, 0.3) is 0 Å². The number of phenolic OH excluding ortho intramolecular Hbond substituents is 1. The van der Waals surface area contributed by atoms with E-state index in [1.54, 1.807) is 26.8 Å². The quantitative estimate of drug-likeness (QED) is 0.817. The van der Waals surface area contributed by atoms with Crippen LogP contribution in [0.2, 0.25) is 0 Å². The zero-order valence-corrected chi connectivity index (χ0v) is 11.1. The molecular formula is C13H17NO5. The fourth-order valence-corrected chi connectivity index (χ4v) is 1.63. The third-order valence-electron chi connectivity index (χ3n) is 2.27. The molecule has 0 fully saturated rings. The number of carbonyl (C=O) groups is 1. The van der Waals surface area contributed by atoms with Crippen LogP contribution in [-0.4, -0.2) is 30.0 Å². The molecule has 1 aliphatic rings. The smallest absolute Gasteiger partial charge is 0.412 e. The molecule has 1 amide bonds. The van der Waals surface area contributed by atoms with Gasteiger partial charge in [0.15, 0.2) is 11.5 Å². The lowest BCUT2D eigenvalue weighted by Gasteiger charge is -2.22. The van der Waals surface area contributed by atoms with Crippen molar-refractivity contribution in [3.63, 3.8) is 0 Å². The molecule has 0 unspecified atom stereocenters. The van der Waals surface area contributed by atoms with E-state index in [0.717, 1.165) is 0 Å². The molecule has 0 atom stereocenters. The molecule has 0 spiro atoms. The Hall–Kier alpha value is -2.11. The number of benzene rings is 1. The highest BCUT2D eigenvalue weighted by Crippen LogP contribution is 2.41. The van der Waals surface area contributed by atoms with Gasteiger partial charge in [0, 0.05) is 12.1 Å². The summed E-state index contributed by atoms with van der Waals surface area (Å²) >= 11 is 0. The third kappa shape index (κ3) is 3.43. The molecule has 1 aliphatic heterocycles. The first-order chi connectivity index (χ1) is 8.85. The highest BCUT2D eigenvalue weighted by molar-refractivity contribution is 5.86. The lowest BCUT2D eigenvalue weighted by Crippen LogP contribution is -2.27. The van der Waals surface area contributed by atoms with Gasteiger partial charge in [-0.1, -0.05) is 0 Å². The summed E-state index contributed by atoms with van der Waals surface area (Å²) in [6.07, 6.45) is -0.594. The molecule has 0 saturated heterocycles. The van der Waals surface area contributed by atoms with E-state index in [1.165, 1.54) is 6.07 Å². The Bertz CT molecular complexity index is 493. The molecule has 2 rings (SSSR count). The summed E-state index contributed by atoms with van der Waals surface area (Å²) in [6.45, 7) is 6.11. The van der Waals surface area contributed by atoms with E-state index in [-0.39, 0.29) is 5.75 Å². The molecule has 1 heterocycles. The second kappa shape index (κ2) is 4.87. The third-order valence-corrected chi connectivity index (χ3v) is 2.27. The maximum Gasteiger partial charge on any atom is 0.412 e. The van der Waals surface area contributed by atoms with Crippen molar-refractivity contribution >= 4 is 11.8 Å². The highest BCUT2D eigenvalue weighted by atomic mass is 16.6. The standard InChI is InChI=1S/C13H17NO5/c1-13(2,3)19-12(16)14-8-6-9(15)11-10(7-8)17-4-5-18-11/h6-7,15H,4-5H2,1-3H3,(H,14,16). The molecule has 6 nitrogen and oxygen atoms in total. The van der Waals surface area contributed by atoms with Gasteiger partial charge in [0.2, 0.25) is 5.75 Å². The first kappa shape index (κ1) is 13.3. The van der Waals surface area contributed by atoms with Gasteiger partial charge in [-0.3, -0.25) is 5.32 Å². The summed E-state index contributed by atoms with van der Waals surface area (Å²) in [5.41, 5.74) is -0.198. The molecule has 0 bridgehead atoms. The Labute approximate surface area is 111 Å². The molecule has 0 aliphatic carbocycles. The second-order valence-corrected chi connectivity index (χ2v) is 5.15. The highest BCUT2D eigenvalue weighted by Gasteiger charge is 2.20. The molecular weight excluding hydrogens is 250 g/mol. The van der Waals surface area contributed by atoms with Crippen LogP contribution in [0.4, 0.5) is 10.5 Å². The number of hydrogen-bond donors (Lipinski definition) is 2. The van der Waals surface area contributed by atoms with Crippen LogP contribution in [0.15, 0.2) is 12.1 Å². The zero-order valence-electron chi connectivity index (χ0n) is 11.1. The summed E-state index contributed by atoms with van der Waals surface area (Å²) in [5, 5.41) is 12.3. The van der Waals surface area contributed by atoms with Gasteiger partial charge in [-0.15, -0.1) is 0 Å². The first-order valence-electron chi connectivity index (χ1n) is 5.98. The average Bonchev–Trinajstić information content (AvgIpc) is 2.26. The van der Waals surface area contributed by atoms with Crippen molar-refractivity contribution < 1.29 is 24.1 Å². The number of phenols is 1. The van der Waals surface area contributed by atoms with Crippen LogP contribution >= 0.6 is 0 Å². The SMILES string of the molecule is CC(C)(C)OC(=O)Nc1cc(O)c2c(c1)OCCO2. The van der Waals surface area contributed by atoms with E-state index in [9.17, 15) is 9.90 Å². The summed E-state index contributed by atoms with van der Waals surface area (Å²) in [6, 6.07) is 2.97. The predicted octanol–water partition coefficient (Wildman–Crippen LogP) is 2.51. The van der Waals surface area contributed by atoms with Crippen molar-refractivity contribution in [1.29, 1.82) is 0 Å². The number of carbonyl (C=O) groups excluding carboxylic acids is 1. The molecule has 0 radical (unpaired) electrons. The number of aromatic hydroxyl groups is 1. The number of amides is 1. The van der Waals surface area contributed by atoms with Gasteiger partial charge in [-0.25, -0.2) is 4.79 Å². The minimum absolute atomic E-state index is 0.0803. The Kier molecular flexibility index (Phi) is 3.42. The van der Waals surface area contributed by atoms with Crippen LogP contribution in [-0.2, 0) is 4.74 Å². The zero-order chi connectivity index (χ0) is 14.0. The largest absolute Gasteiger partial charge is 0.504 e. The van der Waals surface area contributed by atoms with E-state index in [2.05, 4.69) is 5.32 Å². The number of ether oxygens (including phenoxy) is 3. The molecule has 1 aromatic rings. The van der Waals surface area contributed by atoms with Crippen molar-refractivity contribution in [2.75, 3.05) is 18.5 Å².